The van der Waals surface area contributed by atoms with Gasteiger partial charge in [0, 0.05) is 11.6 Å². The van der Waals surface area contributed by atoms with Gasteiger partial charge in [0.25, 0.3) is 5.69 Å². The molecule has 0 aromatic heterocycles. The van der Waals surface area contributed by atoms with Gasteiger partial charge in [0.05, 0.1) is 29.7 Å². The lowest BCUT2D eigenvalue weighted by atomic mass is 10.0. The molecular weight excluding hydrogens is 226 g/mol. The molecule has 0 unspecified atom stereocenters. The van der Waals surface area contributed by atoms with E-state index in [2.05, 4.69) is 4.74 Å². The molecule has 1 aromatic carbocycles. The van der Waals surface area contributed by atoms with Crippen molar-refractivity contribution in [3.05, 3.63) is 33.4 Å². The molecular formula is C10H9N3O4. The van der Waals surface area contributed by atoms with Crippen molar-refractivity contribution >= 4 is 17.3 Å². The Hall–Kier alpha value is -2.62. The first kappa shape index (κ1) is 12.4. The summed E-state index contributed by atoms with van der Waals surface area (Å²) in [7, 11) is 1.18. The second-order valence-electron chi connectivity index (χ2n) is 3.19. The van der Waals surface area contributed by atoms with Crippen LogP contribution in [0.1, 0.15) is 11.1 Å². The van der Waals surface area contributed by atoms with Crippen LogP contribution in [0.25, 0.3) is 0 Å². The maximum absolute atomic E-state index is 11.1. The molecule has 2 N–H and O–H groups in total. The van der Waals surface area contributed by atoms with Crippen LogP contribution in [0.15, 0.2) is 12.1 Å². The predicted molar refractivity (Wildman–Crippen MR) is 57.9 cm³/mol. The Kier molecular flexibility index (Phi) is 3.62. The zero-order valence-electron chi connectivity index (χ0n) is 8.97. The van der Waals surface area contributed by atoms with Crippen LogP contribution in [0.4, 0.5) is 11.4 Å². The van der Waals surface area contributed by atoms with Crippen LogP contribution in [-0.2, 0) is 16.0 Å². The minimum Gasteiger partial charge on any atom is -0.469 e. The molecule has 7 nitrogen and oxygen atoms in total. The summed E-state index contributed by atoms with van der Waals surface area (Å²) < 4.78 is 4.42. The molecule has 88 valence electrons. The van der Waals surface area contributed by atoms with Gasteiger partial charge in [-0.05, 0) is 6.07 Å². The number of nitrogens with two attached hydrogens (primary N) is 1. The second kappa shape index (κ2) is 4.94. The number of anilines is 1. The van der Waals surface area contributed by atoms with Crippen molar-refractivity contribution < 1.29 is 14.5 Å². The molecule has 0 saturated carbocycles. The van der Waals surface area contributed by atoms with Crippen molar-refractivity contribution in [1.29, 1.82) is 5.26 Å². The highest BCUT2D eigenvalue weighted by Gasteiger charge is 2.19. The normalized spacial score (nSPS) is 9.41. The van der Waals surface area contributed by atoms with E-state index in [9.17, 15) is 14.9 Å². The number of carbonyl (C=O) groups is 1. The Morgan fingerprint density at radius 2 is 2.29 bits per heavy atom. The van der Waals surface area contributed by atoms with Gasteiger partial charge in [-0.1, -0.05) is 0 Å². The van der Waals surface area contributed by atoms with Crippen molar-refractivity contribution in [2.45, 2.75) is 6.42 Å². The number of hydrogen-bond donors (Lipinski definition) is 1. The molecule has 0 amide bonds. The van der Waals surface area contributed by atoms with Crippen molar-refractivity contribution in [2.24, 2.45) is 0 Å². The molecule has 0 fully saturated rings. The highest BCUT2D eigenvalue weighted by atomic mass is 16.6. The number of methoxy groups -OCH3 is 1. The van der Waals surface area contributed by atoms with E-state index in [4.69, 9.17) is 11.0 Å². The van der Waals surface area contributed by atoms with Crippen LogP contribution >= 0.6 is 0 Å². The third-order valence-corrected chi connectivity index (χ3v) is 2.13. The lowest BCUT2D eigenvalue weighted by Gasteiger charge is -2.04. The molecule has 0 saturated heterocycles. The molecule has 0 aliphatic heterocycles. The summed E-state index contributed by atoms with van der Waals surface area (Å²) in [6, 6.07) is 4.03. The smallest absolute Gasteiger partial charge is 0.310 e. The van der Waals surface area contributed by atoms with E-state index < -0.39 is 10.9 Å². The Labute approximate surface area is 96.6 Å². The SMILES string of the molecule is COC(=O)Cc1cc(N)c(C#N)cc1[N+](=O)[O-]. The number of benzene rings is 1. The first-order valence-corrected chi connectivity index (χ1v) is 4.53. The van der Waals surface area contributed by atoms with Crippen molar-refractivity contribution in [3.8, 4) is 6.07 Å². The number of nitrogen functional groups attached to an aromatic ring is 1. The molecule has 1 aromatic rings. The van der Waals surface area contributed by atoms with Crippen LogP contribution in [0.2, 0.25) is 0 Å². The minimum absolute atomic E-state index is 0.00492. The summed E-state index contributed by atoms with van der Waals surface area (Å²) in [5.41, 5.74) is 5.43. The second-order valence-corrected chi connectivity index (χ2v) is 3.19. The Morgan fingerprint density at radius 3 is 2.76 bits per heavy atom. The summed E-state index contributed by atoms with van der Waals surface area (Å²) in [5, 5.41) is 19.5. The summed E-state index contributed by atoms with van der Waals surface area (Å²) >= 11 is 0. The van der Waals surface area contributed by atoms with E-state index >= 15 is 0 Å². The number of nitrogens with zero attached hydrogens (tertiary/aromatic N) is 2. The Morgan fingerprint density at radius 1 is 1.65 bits per heavy atom. The van der Waals surface area contributed by atoms with Crippen LogP contribution in [0.5, 0.6) is 0 Å². The number of ether oxygens (including phenoxy) is 1. The van der Waals surface area contributed by atoms with Gasteiger partial charge in [-0.25, -0.2) is 0 Å². The first-order chi connectivity index (χ1) is 7.99. The van der Waals surface area contributed by atoms with Crippen molar-refractivity contribution in [1.82, 2.24) is 0 Å². The zero-order valence-corrected chi connectivity index (χ0v) is 8.97. The summed E-state index contributed by atoms with van der Waals surface area (Å²) in [6.07, 6.45) is -0.261. The van der Waals surface area contributed by atoms with Crippen molar-refractivity contribution in [3.63, 3.8) is 0 Å². The fraction of sp³-hybridized carbons (Fsp3) is 0.200. The van der Waals surface area contributed by atoms with Crippen LogP contribution in [0.3, 0.4) is 0 Å². The summed E-state index contributed by atoms with van der Waals surface area (Å²) in [4.78, 5) is 21.2. The van der Waals surface area contributed by atoms with Crippen LogP contribution < -0.4 is 5.73 Å². The average molecular weight is 235 g/mol. The number of rotatable bonds is 3. The number of nitriles is 1. The molecule has 17 heavy (non-hydrogen) atoms. The lowest BCUT2D eigenvalue weighted by molar-refractivity contribution is -0.385. The number of hydrogen-bond acceptors (Lipinski definition) is 6. The van der Waals surface area contributed by atoms with E-state index in [1.54, 1.807) is 6.07 Å². The first-order valence-electron chi connectivity index (χ1n) is 4.53. The molecule has 7 heteroatoms. The van der Waals surface area contributed by atoms with E-state index in [1.807, 2.05) is 0 Å². The van der Waals surface area contributed by atoms with Crippen LogP contribution in [-0.4, -0.2) is 18.0 Å². The zero-order chi connectivity index (χ0) is 13.0. The number of esters is 1. The standard InChI is InChI=1S/C10H9N3O4/c1-17-10(14)4-6-2-8(12)7(5-11)3-9(6)13(15)16/h2-3H,4,12H2,1H3. The molecule has 0 atom stereocenters. The molecule has 0 bridgehead atoms. The molecule has 1 rings (SSSR count). The van der Waals surface area contributed by atoms with E-state index in [-0.39, 0.29) is 28.9 Å². The Bertz CT molecular complexity index is 519. The third-order valence-electron chi connectivity index (χ3n) is 2.13. The number of nitro groups is 1. The minimum atomic E-state index is -0.668. The monoisotopic (exact) mass is 235 g/mol. The van der Waals surface area contributed by atoms with Crippen molar-refractivity contribution in [2.75, 3.05) is 12.8 Å². The van der Waals surface area contributed by atoms with E-state index in [1.165, 1.54) is 13.2 Å². The van der Waals surface area contributed by atoms with E-state index in [0.717, 1.165) is 6.07 Å². The lowest BCUT2D eigenvalue weighted by Crippen LogP contribution is -2.08. The molecule has 0 aliphatic rings. The van der Waals surface area contributed by atoms with Gasteiger partial charge in [0.1, 0.15) is 6.07 Å². The molecule has 0 radical (unpaired) electrons. The van der Waals surface area contributed by atoms with Gasteiger partial charge in [-0.2, -0.15) is 5.26 Å². The maximum atomic E-state index is 11.1. The van der Waals surface area contributed by atoms with Gasteiger partial charge in [0.15, 0.2) is 0 Å². The van der Waals surface area contributed by atoms with Gasteiger partial charge in [-0.15, -0.1) is 0 Å². The van der Waals surface area contributed by atoms with Gasteiger partial charge < -0.3 is 10.5 Å². The average Bonchev–Trinajstić information content (AvgIpc) is 2.28. The van der Waals surface area contributed by atoms with Gasteiger partial charge in [0.2, 0.25) is 0 Å². The highest BCUT2D eigenvalue weighted by Crippen LogP contribution is 2.25. The van der Waals surface area contributed by atoms with E-state index in [0.29, 0.717) is 0 Å². The molecule has 0 spiro atoms. The van der Waals surface area contributed by atoms with Gasteiger partial charge in [-0.3, -0.25) is 14.9 Å². The number of nitro benzene ring substituents is 1. The van der Waals surface area contributed by atoms with Crippen LogP contribution in [0, 0.1) is 21.4 Å². The fourth-order valence-electron chi connectivity index (χ4n) is 1.29. The largest absolute Gasteiger partial charge is 0.469 e. The highest BCUT2D eigenvalue weighted by molar-refractivity contribution is 5.76. The summed E-state index contributed by atoms with van der Waals surface area (Å²) in [6.45, 7) is 0. The Balaban J connectivity index is 3.29. The fourth-order valence-corrected chi connectivity index (χ4v) is 1.29. The third kappa shape index (κ3) is 2.69. The quantitative estimate of drug-likeness (QED) is 0.357. The topological polar surface area (TPSA) is 119 Å². The number of carbonyl (C=O) groups excluding carboxylic acids is 1. The molecule has 0 heterocycles. The van der Waals surface area contributed by atoms with Gasteiger partial charge >= 0.3 is 5.97 Å². The summed E-state index contributed by atoms with van der Waals surface area (Å²) in [5.74, 6) is -0.614. The molecule has 0 aliphatic carbocycles. The predicted octanol–water partition coefficient (Wildman–Crippen LogP) is 0.764. The maximum Gasteiger partial charge on any atom is 0.310 e.